The maximum Gasteiger partial charge on any atom is 0.408 e. The maximum atomic E-state index is 12.6. The van der Waals surface area contributed by atoms with Gasteiger partial charge in [0, 0.05) is 6.42 Å². The van der Waals surface area contributed by atoms with Crippen molar-refractivity contribution in [3.05, 3.63) is 71.8 Å². The predicted molar refractivity (Wildman–Crippen MR) is 108 cm³/mol. The van der Waals surface area contributed by atoms with E-state index in [1.165, 1.54) is 0 Å². The molecule has 3 N–H and O–H groups in total. The Labute approximate surface area is 170 Å². The molecule has 0 aromatic heterocycles. The topological polar surface area (TPSA) is 105 Å². The van der Waals surface area contributed by atoms with Crippen molar-refractivity contribution in [3.8, 4) is 0 Å². The van der Waals surface area contributed by atoms with E-state index in [9.17, 15) is 19.5 Å². The van der Waals surface area contributed by atoms with Gasteiger partial charge in [-0.2, -0.15) is 0 Å². The first kappa shape index (κ1) is 21.9. The molecule has 0 radical (unpaired) electrons. The lowest BCUT2D eigenvalue weighted by molar-refractivity contribution is -0.142. The van der Waals surface area contributed by atoms with Gasteiger partial charge in [-0.25, -0.2) is 9.59 Å². The van der Waals surface area contributed by atoms with Crippen LogP contribution in [0.3, 0.4) is 0 Å². The zero-order valence-electron chi connectivity index (χ0n) is 16.3. The van der Waals surface area contributed by atoms with E-state index in [2.05, 4.69) is 10.6 Å². The highest BCUT2D eigenvalue weighted by Crippen LogP contribution is 2.06. The minimum atomic E-state index is -1.14. The molecule has 2 amide bonds. The fraction of sp³-hybridized carbons (Fsp3) is 0.318. The molecular weight excluding hydrogens is 372 g/mol. The van der Waals surface area contributed by atoms with E-state index in [0.29, 0.717) is 12.8 Å². The van der Waals surface area contributed by atoms with Crippen LogP contribution in [0.15, 0.2) is 60.7 Å². The summed E-state index contributed by atoms with van der Waals surface area (Å²) in [7, 11) is 0. The molecule has 29 heavy (non-hydrogen) atoms. The Morgan fingerprint density at radius 2 is 1.48 bits per heavy atom. The molecule has 2 atom stereocenters. The summed E-state index contributed by atoms with van der Waals surface area (Å²) >= 11 is 0. The average Bonchev–Trinajstić information content (AvgIpc) is 2.73. The number of amides is 2. The van der Waals surface area contributed by atoms with Crippen molar-refractivity contribution in [2.24, 2.45) is 0 Å². The molecule has 0 unspecified atom stereocenters. The number of carboxylic acid groups (broad SMARTS) is 1. The lowest BCUT2D eigenvalue weighted by Gasteiger charge is -2.21. The third-order valence-electron chi connectivity index (χ3n) is 4.30. The van der Waals surface area contributed by atoms with Crippen molar-refractivity contribution in [1.29, 1.82) is 0 Å². The minimum absolute atomic E-state index is 0.0822. The zero-order chi connectivity index (χ0) is 21.1. The van der Waals surface area contributed by atoms with E-state index in [4.69, 9.17) is 4.74 Å². The SMILES string of the molecule is CCC[C@H](NC(=O)OCc1ccccc1)C(=O)N[C@@H](Cc1ccccc1)C(=O)O. The zero-order valence-corrected chi connectivity index (χ0v) is 16.3. The number of benzene rings is 2. The fourth-order valence-electron chi connectivity index (χ4n) is 2.79. The molecule has 0 aliphatic heterocycles. The Hall–Kier alpha value is -3.35. The van der Waals surface area contributed by atoms with E-state index in [-0.39, 0.29) is 13.0 Å². The maximum absolute atomic E-state index is 12.6. The van der Waals surface area contributed by atoms with Gasteiger partial charge in [-0.1, -0.05) is 74.0 Å². The lowest BCUT2D eigenvalue weighted by atomic mass is 10.0. The molecule has 0 aliphatic carbocycles. The van der Waals surface area contributed by atoms with Crippen molar-refractivity contribution in [2.45, 2.75) is 44.9 Å². The monoisotopic (exact) mass is 398 g/mol. The Kier molecular flexibility index (Phi) is 8.69. The molecule has 0 heterocycles. The molecule has 0 fully saturated rings. The van der Waals surface area contributed by atoms with E-state index < -0.39 is 30.1 Å². The predicted octanol–water partition coefficient (Wildman–Crippen LogP) is 2.89. The largest absolute Gasteiger partial charge is 0.480 e. The molecule has 0 saturated heterocycles. The Balaban J connectivity index is 1.93. The number of carbonyl (C=O) groups is 3. The quantitative estimate of drug-likeness (QED) is 0.571. The van der Waals surface area contributed by atoms with Gasteiger partial charge in [0.05, 0.1) is 0 Å². The smallest absolute Gasteiger partial charge is 0.408 e. The molecule has 2 aromatic rings. The molecule has 0 saturated carbocycles. The molecule has 7 heteroatoms. The molecular formula is C22H26N2O5. The van der Waals surface area contributed by atoms with Crippen LogP contribution in [-0.2, 0) is 27.4 Å². The van der Waals surface area contributed by atoms with Crippen LogP contribution in [0.4, 0.5) is 4.79 Å². The highest BCUT2D eigenvalue weighted by Gasteiger charge is 2.26. The summed E-state index contributed by atoms with van der Waals surface area (Å²) in [6, 6.07) is 16.3. The summed E-state index contributed by atoms with van der Waals surface area (Å²) in [6.07, 6.45) is 0.425. The number of aliphatic carboxylic acids is 1. The summed E-state index contributed by atoms with van der Waals surface area (Å²) in [5.74, 6) is -1.68. The highest BCUT2D eigenvalue weighted by atomic mass is 16.5. The molecule has 0 bridgehead atoms. The van der Waals surface area contributed by atoms with Gasteiger partial charge < -0.3 is 20.5 Å². The first-order valence-corrected chi connectivity index (χ1v) is 9.54. The normalized spacial score (nSPS) is 12.4. The van der Waals surface area contributed by atoms with Crippen molar-refractivity contribution in [3.63, 3.8) is 0 Å². The van der Waals surface area contributed by atoms with Gasteiger partial charge in [-0.3, -0.25) is 4.79 Å². The molecule has 0 spiro atoms. The van der Waals surface area contributed by atoms with Gasteiger partial charge in [0.1, 0.15) is 18.7 Å². The number of nitrogens with one attached hydrogen (secondary N) is 2. The third kappa shape index (κ3) is 7.65. The van der Waals surface area contributed by atoms with Crippen molar-refractivity contribution in [1.82, 2.24) is 10.6 Å². The summed E-state index contributed by atoms with van der Waals surface area (Å²) in [5.41, 5.74) is 1.62. The van der Waals surface area contributed by atoms with Gasteiger partial charge >= 0.3 is 12.1 Å². The van der Waals surface area contributed by atoms with Crippen LogP contribution in [0.25, 0.3) is 0 Å². The second kappa shape index (κ2) is 11.5. The van der Waals surface area contributed by atoms with Gasteiger partial charge in [-0.05, 0) is 17.5 Å². The molecule has 2 rings (SSSR count). The van der Waals surface area contributed by atoms with E-state index in [1.54, 1.807) is 24.3 Å². The number of alkyl carbamates (subject to hydrolysis) is 1. The van der Waals surface area contributed by atoms with Crippen molar-refractivity contribution < 1.29 is 24.2 Å². The summed E-state index contributed by atoms with van der Waals surface area (Å²) in [5, 5.41) is 14.5. The van der Waals surface area contributed by atoms with Crippen molar-refractivity contribution >= 4 is 18.0 Å². The first-order valence-electron chi connectivity index (χ1n) is 9.54. The van der Waals surface area contributed by atoms with Crippen LogP contribution in [-0.4, -0.2) is 35.2 Å². The Morgan fingerprint density at radius 3 is 2.03 bits per heavy atom. The second-order valence-corrected chi connectivity index (χ2v) is 6.64. The first-order chi connectivity index (χ1) is 14.0. The third-order valence-corrected chi connectivity index (χ3v) is 4.30. The number of ether oxygens (including phenoxy) is 1. The van der Waals surface area contributed by atoms with Crippen LogP contribution in [0.2, 0.25) is 0 Å². The number of hydrogen-bond donors (Lipinski definition) is 3. The molecule has 2 aromatic carbocycles. The van der Waals surface area contributed by atoms with E-state index >= 15 is 0 Å². The summed E-state index contributed by atoms with van der Waals surface area (Å²) < 4.78 is 5.16. The number of hydrogen-bond acceptors (Lipinski definition) is 4. The second-order valence-electron chi connectivity index (χ2n) is 6.64. The molecule has 0 aliphatic rings. The van der Waals surface area contributed by atoms with E-state index in [0.717, 1.165) is 11.1 Å². The molecule has 7 nitrogen and oxygen atoms in total. The Morgan fingerprint density at radius 1 is 0.897 bits per heavy atom. The van der Waals surface area contributed by atoms with Crippen LogP contribution >= 0.6 is 0 Å². The van der Waals surface area contributed by atoms with Gasteiger partial charge in [0.25, 0.3) is 0 Å². The van der Waals surface area contributed by atoms with Gasteiger partial charge in [0.15, 0.2) is 0 Å². The lowest BCUT2D eigenvalue weighted by Crippen LogP contribution is -2.52. The fourth-order valence-corrected chi connectivity index (χ4v) is 2.79. The number of carboxylic acids is 1. The van der Waals surface area contributed by atoms with Crippen LogP contribution in [0.5, 0.6) is 0 Å². The minimum Gasteiger partial charge on any atom is -0.480 e. The van der Waals surface area contributed by atoms with Crippen LogP contribution in [0.1, 0.15) is 30.9 Å². The average molecular weight is 398 g/mol. The molecule has 154 valence electrons. The summed E-state index contributed by atoms with van der Waals surface area (Å²) in [6.45, 7) is 1.95. The highest BCUT2D eigenvalue weighted by molar-refractivity contribution is 5.89. The Bertz CT molecular complexity index is 795. The van der Waals surface area contributed by atoms with E-state index in [1.807, 2.05) is 43.3 Å². The summed E-state index contributed by atoms with van der Waals surface area (Å²) in [4.78, 5) is 36.3. The van der Waals surface area contributed by atoms with Crippen molar-refractivity contribution in [2.75, 3.05) is 0 Å². The van der Waals surface area contributed by atoms with Gasteiger partial charge in [-0.15, -0.1) is 0 Å². The van der Waals surface area contributed by atoms with Crippen LogP contribution < -0.4 is 10.6 Å². The van der Waals surface area contributed by atoms with Crippen LogP contribution in [0, 0.1) is 0 Å². The standard InChI is InChI=1S/C22H26N2O5/c1-2-9-18(24-22(28)29-15-17-12-7-4-8-13-17)20(25)23-19(21(26)27)14-16-10-5-3-6-11-16/h3-8,10-13,18-19H,2,9,14-15H2,1H3,(H,23,25)(H,24,28)(H,26,27)/t18-,19-/m0/s1. The number of carbonyl (C=O) groups excluding carboxylic acids is 2. The van der Waals surface area contributed by atoms with Gasteiger partial charge in [0.2, 0.25) is 5.91 Å². The number of rotatable bonds is 10.